The second kappa shape index (κ2) is 6.70. The standard InChI is InChI=1S/C24H38O5/c1-15(25)28-14-21(3)9-6-10-22(4)18-8-7-17-12-24(18,13-23(17,5)27)20(11-19(21)22)29-16(2)26/h17-20,27H,6-14H2,1-5H3/t17-,18+,19+,20+,21-,22+,23-,24-/m1/s1. The average molecular weight is 407 g/mol. The molecule has 4 aliphatic rings. The van der Waals surface area contributed by atoms with Crippen LogP contribution in [0.25, 0.3) is 0 Å². The third-order valence-corrected chi connectivity index (χ3v) is 9.59. The van der Waals surface area contributed by atoms with E-state index in [1.165, 1.54) is 20.3 Å². The van der Waals surface area contributed by atoms with E-state index in [0.29, 0.717) is 24.4 Å². The maximum Gasteiger partial charge on any atom is 0.302 e. The quantitative estimate of drug-likeness (QED) is 0.709. The van der Waals surface area contributed by atoms with E-state index < -0.39 is 5.60 Å². The first kappa shape index (κ1) is 21.1. The zero-order valence-electron chi connectivity index (χ0n) is 18.8. The third kappa shape index (κ3) is 3.14. The second-order valence-electron chi connectivity index (χ2n) is 11.5. The first-order chi connectivity index (χ1) is 13.4. The summed E-state index contributed by atoms with van der Waals surface area (Å²) in [6.07, 6.45) is 7.83. The average Bonchev–Trinajstić information content (AvgIpc) is 2.80. The minimum absolute atomic E-state index is 0.101. The summed E-state index contributed by atoms with van der Waals surface area (Å²) >= 11 is 0. The highest BCUT2D eigenvalue weighted by atomic mass is 16.5. The monoisotopic (exact) mass is 406 g/mol. The number of rotatable bonds is 3. The lowest BCUT2D eigenvalue weighted by molar-refractivity contribution is -0.221. The molecule has 5 nitrogen and oxygen atoms in total. The fourth-order valence-corrected chi connectivity index (χ4v) is 8.59. The van der Waals surface area contributed by atoms with Gasteiger partial charge in [0, 0.05) is 24.7 Å². The van der Waals surface area contributed by atoms with Crippen molar-refractivity contribution in [1.82, 2.24) is 0 Å². The van der Waals surface area contributed by atoms with Crippen LogP contribution < -0.4 is 0 Å². The first-order valence-corrected chi connectivity index (χ1v) is 11.5. The van der Waals surface area contributed by atoms with Crippen molar-refractivity contribution in [2.24, 2.45) is 34.0 Å². The molecule has 29 heavy (non-hydrogen) atoms. The van der Waals surface area contributed by atoms with Crippen molar-refractivity contribution in [1.29, 1.82) is 0 Å². The summed E-state index contributed by atoms with van der Waals surface area (Å²) in [7, 11) is 0. The van der Waals surface area contributed by atoms with Gasteiger partial charge in [0.25, 0.3) is 0 Å². The van der Waals surface area contributed by atoms with Gasteiger partial charge >= 0.3 is 11.9 Å². The molecule has 164 valence electrons. The molecule has 0 aromatic rings. The summed E-state index contributed by atoms with van der Waals surface area (Å²) < 4.78 is 11.6. The maximum absolute atomic E-state index is 12.1. The van der Waals surface area contributed by atoms with E-state index in [9.17, 15) is 14.7 Å². The van der Waals surface area contributed by atoms with Gasteiger partial charge in [-0.3, -0.25) is 9.59 Å². The smallest absolute Gasteiger partial charge is 0.302 e. The fraction of sp³-hybridized carbons (Fsp3) is 0.917. The van der Waals surface area contributed by atoms with Crippen LogP contribution in [0.5, 0.6) is 0 Å². The van der Waals surface area contributed by atoms with Crippen molar-refractivity contribution in [3.63, 3.8) is 0 Å². The molecule has 4 saturated carbocycles. The topological polar surface area (TPSA) is 72.8 Å². The summed E-state index contributed by atoms with van der Waals surface area (Å²) in [4.78, 5) is 23.6. The Labute approximate surface area is 174 Å². The predicted octanol–water partition coefficient (Wildman–Crippen LogP) is 4.26. The summed E-state index contributed by atoms with van der Waals surface area (Å²) in [5.41, 5.74) is -0.777. The van der Waals surface area contributed by atoms with E-state index in [1.54, 1.807) is 0 Å². The molecule has 0 aliphatic heterocycles. The Kier molecular flexibility index (Phi) is 4.88. The van der Waals surface area contributed by atoms with E-state index in [2.05, 4.69) is 13.8 Å². The van der Waals surface area contributed by atoms with E-state index >= 15 is 0 Å². The van der Waals surface area contributed by atoms with Crippen LogP contribution in [0.4, 0.5) is 0 Å². The summed E-state index contributed by atoms with van der Waals surface area (Å²) in [5, 5.41) is 11.2. The summed E-state index contributed by atoms with van der Waals surface area (Å²) in [5.74, 6) is 0.617. The van der Waals surface area contributed by atoms with E-state index in [1.807, 2.05) is 6.92 Å². The molecule has 0 aromatic heterocycles. The molecule has 0 saturated heterocycles. The molecule has 4 fully saturated rings. The van der Waals surface area contributed by atoms with Gasteiger partial charge in [-0.1, -0.05) is 20.3 Å². The Morgan fingerprint density at radius 3 is 2.41 bits per heavy atom. The minimum Gasteiger partial charge on any atom is -0.465 e. The highest BCUT2D eigenvalue weighted by molar-refractivity contribution is 5.66. The lowest BCUT2D eigenvalue weighted by Gasteiger charge is -2.65. The highest BCUT2D eigenvalue weighted by Crippen LogP contribution is 2.73. The van der Waals surface area contributed by atoms with Crippen molar-refractivity contribution in [3.8, 4) is 0 Å². The van der Waals surface area contributed by atoms with Gasteiger partial charge in [-0.2, -0.15) is 0 Å². The Bertz CT molecular complexity index is 701. The maximum atomic E-state index is 12.1. The van der Waals surface area contributed by atoms with Crippen LogP contribution in [0, 0.1) is 34.0 Å². The zero-order valence-corrected chi connectivity index (χ0v) is 18.8. The molecular weight excluding hydrogens is 368 g/mol. The molecule has 2 bridgehead atoms. The van der Waals surface area contributed by atoms with Crippen LogP contribution in [0.2, 0.25) is 0 Å². The molecular formula is C24H38O5. The van der Waals surface area contributed by atoms with Crippen LogP contribution in [0.15, 0.2) is 0 Å². The third-order valence-electron chi connectivity index (χ3n) is 9.59. The van der Waals surface area contributed by atoms with E-state index in [-0.39, 0.29) is 34.3 Å². The van der Waals surface area contributed by atoms with Gasteiger partial charge in [-0.15, -0.1) is 0 Å². The molecule has 0 aromatic carbocycles. The molecule has 0 unspecified atom stereocenters. The zero-order chi connectivity index (χ0) is 21.2. The molecule has 1 spiro atoms. The van der Waals surface area contributed by atoms with Gasteiger partial charge in [-0.25, -0.2) is 0 Å². The van der Waals surface area contributed by atoms with Crippen LogP contribution in [-0.2, 0) is 19.1 Å². The molecule has 4 rings (SSSR count). The number of hydrogen-bond donors (Lipinski definition) is 1. The number of aliphatic hydroxyl groups is 1. The second-order valence-corrected chi connectivity index (χ2v) is 11.5. The number of carbonyl (C=O) groups excluding carboxylic acids is 2. The Balaban J connectivity index is 1.75. The largest absolute Gasteiger partial charge is 0.465 e. The normalized spacial score (nSPS) is 51.0. The van der Waals surface area contributed by atoms with Crippen LogP contribution in [0.1, 0.15) is 86.0 Å². The molecule has 0 radical (unpaired) electrons. The molecule has 1 N–H and O–H groups in total. The molecule has 0 heterocycles. The van der Waals surface area contributed by atoms with Gasteiger partial charge in [0.05, 0.1) is 12.2 Å². The first-order valence-electron chi connectivity index (χ1n) is 11.5. The van der Waals surface area contributed by atoms with Crippen LogP contribution in [0.3, 0.4) is 0 Å². The summed E-state index contributed by atoms with van der Waals surface area (Å²) in [6, 6.07) is 0. The van der Waals surface area contributed by atoms with Crippen molar-refractivity contribution in [2.75, 3.05) is 6.61 Å². The van der Waals surface area contributed by atoms with Gasteiger partial charge in [0.2, 0.25) is 0 Å². The van der Waals surface area contributed by atoms with Crippen molar-refractivity contribution < 1.29 is 24.2 Å². The number of esters is 2. The van der Waals surface area contributed by atoms with Crippen molar-refractivity contribution in [2.45, 2.75) is 97.7 Å². The molecule has 0 amide bonds. The number of hydrogen-bond acceptors (Lipinski definition) is 5. The SMILES string of the molecule is CC(=O)OC[C@@]1(C)CCC[C@]2(C)[C@H]1C[C@H](OC(C)=O)[C@@]13C[C@@H](CC[C@@H]21)[C@](C)(O)C3. The van der Waals surface area contributed by atoms with Gasteiger partial charge in [0.1, 0.15) is 6.10 Å². The molecule has 4 aliphatic carbocycles. The van der Waals surface area contributed by atoms with Crippen molar-refractivity contribution >= 4 is 11.9 Å². The Morgan fingerprint density at radius 2 is 1.76 bits per heavy atom. The number of carbonyl (C=O) groups is 2. The molecule has 8 atom stereocenters. The van der Waals surface area contributed by atoms with E-state index in [0.717, 1.165) is 44.9 Å². The minimum atomic E-state index is -0.675. The Morgan fingerprint density at radius 1 is 1.03 bits per heavy atom. The predicted molar refractivity (Wildman–Crippen MR) is 109 cm³/mol. The van der Waals surface area contributed by atoms with E-state index in [4.69, 9.17) is 9.47 Å². The highest BCUT2D eigenvalue weighted by Gasteiger charge is 2.70. The Hall–Kier alpha value is -1.10. The lowest BCUT2D eigenvalue weighted by Crippen LogP contribution is -2.63. The van der Waals surface area contributed by atoms with Gasteiger partial charge < -0.3 is 14.6 Å². The summed E-state index contributed by atoms with van der Waals surface area (Å²) in [6.45, 7) is 10.1. The van der Waals surface area contributed by atoms with Gasteiger partial charge in [-0.05, 0) is 75.0 Å². The van der Waals surface area contributed by atoms with Crippen molar-refractivity contribution in [3.05, 3.63) is 0 Å². The van der Waals surface area contributed by atoms with Gasteiger partial charge in [0.15, 0.2) is 0 Å². The molecule has 5 heteroatoms. The fourth-order valence-electron chi connectivity index (χ4n) is 8.59. The number of fused-ring (bicyclic) bond motifs is 3. The number of ether oxygens (including phenoxy) is 2. The van der Waals surface area contributed by atoms with Crippen LogP contribution >= 0.6 is 0 Å². The van der Waals surface area contributed by atoms with Crippen LogP contribution in [-0.4, -0.2) is 35.4 Å². The lowest BCUT2D eigenvalue weighted by atomic mass is 9.40.